The lowest BCUT2D eigenvalue weighted by molar-refractivity contribution is 0.102. The van der Waals surface area contributed by atoms with Crippen molar-refractivity contribution in [3.05, 3.63) is 23.0 Å². The summed E-state index contributed by atoms with van der Waals surface area (Å²) in [5, 5.41) is 0. The van der Waals surface area contributed by atoms with Crippen LogP contribution in [0.25, 0.3) is 0 Å². The van der Waals surface area contributed by atoms with Crippen LogP contribution in [0.3, 0.4) is 0 Å². The molecule has 0 amide bonds. The van der Waals surface area contributed by atoms with E-state index in [1.54, 1.807) is 0 Å². The van der Waals surface area contributed by atoms with E-state index >= 15 is 0 Å². The van der Waals surface area contributed by atoms with Crippen molar-refractivity contribution in [1.29, 1.82) is 0 Å². The fourth-order valence-corrected chi connectivity index (χ4v) is 4.93. The van der Waals surface area contributed by atoms with Crippen molar-refractivity contribution in [1.82, 2.24) is 4.57 Å². The van der Waals surface area contributed by atoms with Gasteiger partial charge >= 0.3 is 0 Å². The molecule has 2 rings (SSSR count). The van der Waals surface area contributed by atoms with Crippen LogP contribution in [-0.4, -0.2) is 42.3 Å². The van der Waals surface area contributed by atoms with Gasteiger partial charge in [0, 0.05) is 23.0 Å². The molecule has 1 saturated heterocycles. The quantitative estimate of drug-likeness (QED) is 0.798. The molecular formula is C13H19NO3S2. The van der Waals surface area contributed by atoms with Gasteiger partial charge in [-0.05, 0) is 32.6 Å². The molecule has 0 spiro atoms. The summed E-state index contributed by atoms with van der Waals surface area (Å²) in [5.41, 5.74) is 2.61. The van der Waals surface area contributed by atoms with Crippen molar-refractivity contribution in [3.63, 3.8) is 0 Å². The Kier molecular flexibility index (Phi) is 4.11. The van der Waals surface area contributed by atoms with Crippen molar-refractivity contribution >= 4 is 27.4 Å². The maximum absolute atomic E-state index is 12.0. The number of carbonyl (C=O) groups is 1. The third kappa shape index (κ3) is 2.89. The van der Waals surface area contributed by atoms with Crippen LogP contribution in [0.5, 0.6) is 0 Å². The van der Waals surface area contributed by atoms with Crippen LogP contribution in [0.4, 0.5) is 0 Å². The fraction of sp³-hybridized carbons (Fsp3) is 0.615. The molecule has 0 N–H and O–H groups in total. The van der Waals surface area contributed by atoms with Crippen molar-refractivity contribution in [2.24, 2.45) is 0 Å². The Morgan fingerprint density at radius 1 is 1.47 bits per heavy atom. The zero-order chi connectivity index (χ0) is 14.2. The lowest BCUT2D eigenvalue weighted by Gasteiger charge is -2.16. The summed E-state index contributed by atoms with van der Waals surface area (Å²) >= 11 is 1.51. The number of carbonyl (C=O) groups excluding carboxylic acids is 1. The van der Waals surface area contributed by atoms with Crippen LogP contribution in [0.2, 0.25) is 0 Å². The smallest absolute Gasteiger partial charge is 0.174 e. The molecule has 0 radical (unpaired) electrons. The average molecular weight is 301 g/mol. The van der Waals surface area contributed by atoms with Crippen LogP contribution in [0, 0.1) is 13.8 Å². The fourth-order valence-electron chi connectivity index (χ4n) is 2.81. The number of sulfone groups is 1. The highest BCUT2D eigenvalue weighted by molar-refractivity contribution is 7.99. The zero-order valence-corrected chi connectivity index (χ0v) is 13.1. The summed E-state index contributed by atoms with van der Waals surface area (Å²) in [5.74, 6) is 1.03. The van der Waals surface area contributed by atoms with Gasteiger partial charge in [-0.2, -0.15) is 11.8 Å². The van der Waals surface area contributed by atoms with Crippen LogP contribution in [0.1, 0.15) is 34.2 Å². The van der Waals surface area contributed by atoms with E-state index in [0.717, 1.165) is 17.0 Å². The van der Waals surface area contributed by atoms with E-state index in [1.165, 1.54) is 11.8 Å². The minimum absolute atomic E-state index is 0.0131. The molecule has 2 heterocycles. The SMILES string of the molecule is CSCC(=O)c1cc(C)n([C@@H]2CCS(=O)(=O)C2)c1C. The van der Waals surface area contributed by atoms with E-state index in [2.05, 4.69) is 0 Å². The molecule has 1 atom stereocenters. The first-order chi connectivity index (χ1) is 8.85. The van der Waals surface area contributed by atoms with Gasteiger partial charge in [0.15, 0.2) is 15.6 Å². The van der Waals surface area contributed by atoms with E-state index in [1.807, 2.05) is 30.7 Å². The van der Waals surface area contributed by atoms with E-state index in [-0.39, 0.29) is 23.3 Å². The Balaban J connectivity index is 2.35. The van der Waals surface area contributed by atoms with Gasteiger partial charge in [0.05, 0.1) is 17.3 Å². The van der Waals surface area contributed by atoms with Crippen molar-refractivity contribution in [2.75, 3.05) is 23.5 Å². The Morgan fingerprint density at radius 3 is 2.68 bits per heavy atom. The molecule has 1 fully saturated rings. The molecule has 1 aliphatic heterocycles. The molecule has 0 unspecified atom stereocenters. The number of aryl methyl sites for hydroxylation is 1. The maximum atomic E-state index is 12.0. The first-order valence-electron chi connectivity index (χ1n) is 6.26. The highest BCUT2D eigenvalue weighted by Crippen LogP contribution is 2.29. The maximum Gasteiger partial charge on any atom is 0.174 e. The summed E-state index contributed by atoms with van der Waals surface area (Å²) in [6.07, 6.45) is 2.55. The molecule has 1 aromatic heterocycles. The minimum Gasteiger partial charge on any atom is -0.344 e. The minimum atomic E-state index is -2.91. The monoisotopic (exact) mass is 301 g/mol. The zero-order valence-electron chi connectivity index (χ0n) is 11.5. The van der Waals surface area contributed by atoms with Gasteiger partial charge in [-0.3, -0.25) is 4.79 Å². The second-order valence-corrected chi connectivity index (χ2v) is 8.16. The highest BCUT2D eigenvalue weighted by Gasteiger charge is 2.31. The lowest BCUT2D eigenvalue weighted by Crippen LogP contribution is -2.14. The summed E-state index contributed by atoms with van der Waals surface area (Å²) in [7, 11) is -2.91. The van der Waals surface area contributed by atoms with E-state index in [9.17, 15) is 13.2 Å². The molecule has 1 aromatic rings. The number of ketones is 1. The number of aromatic nitrogens is 1. The van der Waals surface area contributed by atoms with Gasteiger partial charge in [0.2, 0.25) is 0 Å². The number of hydrogen-bond donors (Lipinski definition) is 0. The third-order valence-corrected chi connectivity index (χ3v) is 5.93. The van der Waals surface area contributed by atoms with E-state index < -0.39 is 9.84 Å². The van der Waals surface area contributed by atoms with E-state index in [4.69, 9.17) is 0 Å². The molecule has 4 nitrogen and oxygen atoms in total. The van der Waals surface area contributed by atoms with Crippen molar-refractivity contribution in [2.45, 2.75) is 26.3 Å². The lowest BCUT2D eigenvalue weighted by atomic mass is 10.2. The number of rotatable bonds is 4. The van der Waals surface area contributed by atoms with Crippen molar-refractivity contribution < 1.29 is 13.2 Å². The molecule has 0 aromatic carbocycles. The van der Waals surface area contributed by atoms with Gasteiger partial charge in [-0.15, -0.1) is 0 Å². The third-order valence-electron chi connectivity index (χ3n) is 3.63. The van der Waals surface area contributed by atoms with Gasteiger partial charge in [0.1, 0.15) is 0 Å². The van der Waals surface area contributed by atoms with Crippen LogP contribution < -0.4 is 0 Å². The molecule has 0 bridgehead atoms. The van der Waals surface area contributed by atoms with Crippen LogP contribution in [-0.2, 0) is 9.84 Å². The molecular weight excluding hydrogens is 282 g/mol. The summed E-state index contributed by atoms with van der Waals surface area (Å²) in [4.78, 5) is 12.0. The molecule has 1 aliphatic rings. The average Bonchev–Trinajstić information content (AvgIpc) is 2.79. The van der Waals surface area contributed by atoms with Gasteiger partial charge < -0.3 is 4.57 Å². The molecule has 6 heteroatoms. The number of thioether (sulfide) groups is 1. The number of Topliss-reactive ketones (excluding diaryl/α,β-unsaturated/α-hetero) is 1. The van der Waals surface area contributed by atoms with Gasteiger partial charge in [-0.25, -0.2) is 8.42 Å². The molecule has 19 heavy (non-hydrogen) atoms. The second-order valence-electron chi connectivity index (χ2n) is 5.07. The normalized spacial score (nSPS) is 21.7. The summed E-state index contributed by atoms with van der Waals surface area (Å²) in [6.45, 7) is 3.85. The Morgan fingerprint density at radius 2 is 2.16 bits per heavy atom. The van der Waals surface area contributed by atoms with E-state index in [0.29, 0.717) is 12.2 Å². The molecule has 0 aliphatic carbocycles. The highest BCUT2D eigenvalue weighted by atomic mass is 32.2. The molecule has 0 saturated carbocycles. The predicted octanol–water partition coefficient (Wildman–Crippen LogP) is 2.01. The standard InChI is InChI=1S/C13H19NO3S2/c1-9-6-12(13(15)7-18-3)10(2)14(9)11-4-5-19(16,17)8-11/h6,11H,4-5,7-8H2,1-3H3/t11-/m1/s1. The van der Waals surface area contributed by atoms with Gasteiger partial charge in [0.25, 0.3) is 0 Å². The Labute approximate surface area is 118 Å². The second kappa shape index (κ2) is 5.32. The van der Waals surface area contributed by atoms with Crippen LogP contribution in [0.15, 0.2) is 6.07 Å². The van der Waals surface area contributed by atoms with Crippen molar-refractivity contribution in [3.8, 4) is 0 Å². The van der Waals surface area contributed by atoms with Gasteiger partial charge in [-0.1, -0.05) is 0 Å². The first-order valence-corrected chi connectivity index (χ1v) is 9.48. The molecule has 106 valence electrons. The summed E-state index contributed by atoms with van der Waals surface area (Å²) < 4.78 is 25.2. The Bertz CT molecular complexity index is 602. The Hall–Kier alpha value is -0.750. The summed E-state index contributed by atoms with van der Waals surface area (Å²) in [6, 6.07) is 1.87. The first kappa shape index (κ1) is 14.7. The van der Waals surface area contributed by atoms with Crippen LogP contribution >= 0.6 is 11.8 Å². The topological polar surface area (TPSA) is 56.1 Å². The number of nitrogens with zero attached hydrogens (tertiary/aromatic N) is 1. The number of hydrogen-bond acceptors (Lipinski definition) is 4. The predicted molar refractivity (Wildman–Crippen MR) is 78.9 cm³/mol. The largest absolute Gasteiger partial charge is 0.344 e.